The summed E-state index contributed by atoms with van der Waals surface area (Å²) >= 11 is 0. The quantitative estimate of drug-likeness (QED) is 0.769. The summed E-state index contributed by atoms with van der Waals surface area (Å²) in [6.07, 6.45) is 5.42. The van der Waals surface area contributed by atoms with Crippen molar-refractivity contribution in [3.05, 3.63) is 35.4 Å². The van der Waals surface area contributed by atoms with Crippen molar-refractivity contribution in [1.82, 2.24) is 5.32 Å². The van der Waals surface area contributed by atoms with E-state index >= 15 is 0 Å². The van der Waals surface area contributed by atoms with Gasteiger partial charge in [-0.05, 0) is 42.3 Å². The minimum absolute atomic E-state index is 0.510. The van der Waals surface area contributed by atoms with Crippen LogP contribution < -0.4 is 5.32 Å². The molecule has 1 aliphatic carbocycles. The molecule has 0 aliphatic heterocycles. The molecular weight excluding hydrogens is 218 g/mol. The number of benzene rings is 1. The molecule has 1 aromatic carbocycles. The Balaban J connectivity index is 2.09. The SMILES string of the molecule is CCNC(c1ccc(C2CCC2)cc1)C(C)CC. The highest BCUT2D eigenvalue weighted by Gasteiger charge is 2.21. The number of hydrogen-bond acceptors (Lipinski definition) is 1. The van der Waals surface area contributed by atoms with Crippen molar-refractivity contribution in [2.45, 2.75) is 58.4 Å². The van der Waals surface area contributed by atoms with Crippen LogP contribution in [0.3, 0.4) is 0 Å². The molecule has 0 saturated heterocycles. The van der Waals surface area contributed by atoms with Crippen LogP contribution in [0.2, 0.25) is 0 Å². The summed E-state index contributed by atoms with van der Waals surface area (Å²) < 4.78 is 0. The summed E-state index contributed by atoms with van der Waals surface area (Å²) in [7, 11) is 0. The lowest BCUT2D eigenvalue weighted by molar-refractivity contribution is 0.383. The van der Waals surface area contributed by atoms with Crippen molar-refractivity contribution in [1.29, 1.82) is 0 Å². The summed E-state index contributed by atoms with van der Waals surface area (Å²) in [4.78, 5) is 0. The van der Waals surface area contributed by atoms with Gasteiger partial charge in [0, 0.05) is 6.04 Å². The summed E-state index contributed by atoms with van der Waals surface area (Å²) in [5.74, 6) is 1.54. The third-order valence-corrected chi connectivity index (χ3v) is 4.51. The van der Waals surface area contributed by atoms with E-state index in [0.29, 0.717) is 12.0 Å². The summed E-state index contributed by atoms with van der Waals surface area (Å²) in [5.41, 5.74) is 3.00. The molecule has 1 N–H and O–H groups in total. The molecule has 0 aromatic heterocycles. The second-order valence-corrected chi connectivity index (χ2v) is 5.72. The van der Waals surface area contributed by atoms with E-state index in [1.54, 1.807) is 5.56 Å². The average molecular weight is 245 g/mol. The Morgan fingerprint density at radius 3 is 2.28 bits per heavy atom. The van der Waals surface area contributed by atoms with Crippen molar-refractivity contribution >= 4 is 0 Å². The van der Waals surface area contributed by atoms with Gasteiger partial charge in [0.15, 0.2) is 0 Å². The molecule has 18 heavy (non-hydrogen) atoms. The summed E-state index contributed by atoms with van der Waals surface area (Å²) in [5, 5.41) is 3.63. The highest BCUT2D eigenvalue weighted by atomic mass is 14.9. The first-order chi connectivity index (χ1) is 8.76. The maximum Gasteiger partial charge on any atom is 0.0345 e. The topological polar surface area (TPSA) is 12.0 Å². The van der Waals surface area contributed by atoms with Gasteiger partial charge in [0.05, 0.1) is 0 Å². The third-order valence-electron chi connectivity index (χ3n) is 4.51. The van der Waals surface area contributed by atoms with Crippen LogP contribution >= 0.6 is 0 Å². The molecule has 1 saturated carbocycles. The molecular formula is C17H27N. The molecule has 2 atom stereocenters. The second-order valence-electron chi connectivity index (χ2n) is 5.72. The van der Waals surface area contributed by atoms with Crippen molar-refractivity contribution in [2.24, 2.45) is 5.92 Å². The van der Waals surface area contributed by atoms with Crippen molar-refractivity contribution in [3.8, 4) is 0 Å². The van der Waals surface area contributed by atoms with E-state index in [0.717, 1.165) is 12.5 Å². The molecule has 1 fully saturated rings. The van der Waals surface area contributed by atoms with E-state index < -0.39 is 0 Å². The predicted molar refractivity (Wildman–Crippen MR) is 78.9 cm³/mol. The zero-order chi connectivity index (χ0) is 13.0. The van der Waals surface area contributed by atoms with Gasteiger partial charge in [0.1, 0.15) is 0 Å². The van der Waals surface area contributed by atoms with Gasteiger partial charge in [-0.1, -0.05) is 57.9 Å². The molecule has 0 radical (unpaired) electrons. The highest BCUT2D eigenvalue weighted by Crippen LogP contribution is 2.37. The standard InChI is InChI=1S/C17H27N/c1-4-13(3)17(18-5-2)16-11-9-15(10-12-16)14-7-6-8-14/h9-14,17-18H,4-8H2,1-3H3. The molecule has 1 aliphatic rings. The van der Waals surface area contributed by atoms with Crippen LogP contribution in [0.15, 0.2) is 24.3 Å². The maximum atomic E-state index is 3.63. The Hall–Kier alpha value is -0.820. The minimum atomic E-state index is 0.510. The Morgan fingerprint density at radius 1 is 1.17 bits per heavy atom. The van der Waals surface area contributed by atoms with Crippen LogP contribution in [0.1, 0.15) is 69.5 Å². The Morgan fingerprint density at radius 2 is 1.83 bits per heavy atom. The molecule has 0 amide bonds. The molecule has 100 valence electrons. The lowest BCUT2D eigenvalue weighted by atomic mass is 9.79. The maximum absolute atomic E-state index is 3.63. The van der Waals surface area contributed by atoms with E-state index in [1.165, 1.54) is 31.2 Å². The van der Waals surface area contributed by atoms with Crippen molar-refractivity contribution in [3.63, 3.8) is 0 Å². The Bertz CT molecular complexity index is 350. The largest absolute Gasteiger partial charge is 0.310 e. The van der Waals surface area contributed by atoms with Crippen LogP contribution in [0.25, 0.3) is 0 Å². The van der Waals surface area contributed by atoms with Gasteiger partial charge in [-0.3, -0.25) is 0 Å². The molecule has 1 nitrogen and oxygen atoms in total. The van der Waals surface area contributed by atoms with E-state index in [4.69, 9.17) is 0 Å². The van der Waals surface area contributed by atoms with Gasteiger partial charge >= 0.3 is 0 Å². The fourth-order valence-electron chi connectivity index (χ4n) is 2.82. The molecule has 2 rings (SSSR count). The Labute approximate surface area is 112 Å². The minimum Gasteiger partial charge on any atom is -0.310 e. The van der Waals surface area contributed by atoms with Gasteiger partial charge in [-0.2, -0.15) is 0 Å². The number of nitrogens with one attached hydrogen (secondary N) is 1. The molecule has 1 aromatic rings. The number of rotatable bonds is 6. The van der Waals surface area contributed by atoms with Gasteiger partial charge in [0.25, 0.3) is 0 Å². The van der Waals surface area contributed by atoms with Gasteiger partial charge in [-0.25, -0.2) is 0 Å². The molecule has 0 spiro atoms. The first-order valence-corrected chi connectivity index (χ1v) is 7.59. The highest BCUT2D eigenvalue weighted by molar-refractivity contribution is 5.28. The van der Waals surface area contributed by atoms with E-state index in [2.05, 4.69) is 50.4 Å². The zero-order valence-electron chi connectivity index (χ0n) is 12.1. The Kier molecular flexibility index (Phi) is 4.82. The van der Waals surface area contributed by atoms with Crippen LogP contribution in [0.4, 0.5) is 0 Å². The van der Waals surface area contributed by atoms with Crippen molar-refractivity contribution in [2.75, 3.05) is 6.54 Å². The van der Waals surface area contributed by atoms with Crippen LogP contribution in [0.5, 0.6) is 0 Å². The average Bonchev–Trinajstić information content (AvgIpc) is 2.34. The molecule has 1 heteroatoms. The summed E-state index contributed by atoms with van der Waals surface area (Å²) in [6.45, 7) is 7.85. The first kappa shape index (κ1) is 13.6. The van der Waals surface area contributed by atoms with Gasteiger partial charge in [0.2, 0.25) is 0 Å². The molecule has 2 unspecified atom stereocenters. The normalized spacial score (nSPS) is 19.3. The van der Waals surface area contributed by atoms with E-state index in [9.17, 15) is 0 Å². The fraction of sp³-hybridized carbons (Fsp3) is 0.647. The zero-order valence-corrected chi connectivity index (χ0v) is 12.1. The third kappa shape index (κ3) is 2.95. The number of hydrogen-bond donors (Lipinski definition) is 1. The predicted octanol–water partition coefficient (Wildman–Crippen LogP) is 4.65. The van der Waals surface area contributed by atoms with Gasteiger partial charge < -0.3 is 5.32 Å². The first-order valence-electron chi connectivity index (χ1n) is 7.59. The van der Waals surface area contributed by atoms with Crippen LogP contribution in [0, 0.1) is 5.92 Å². The fourth-order valence-corrected chi connectivity index (χ4v) is 2.82. The van der Waals surface area contributed by atoms with E-state index in [-0.39, 0.29) is 0 Å². The molecule has 0 heterocycles. The van der Waals surface area contributed by atoms with E-state index in [1.807, 2.05) is 0 Å². The van der Waals surface area contributed by atoms with Crippen molar-refractivity contribution < 1.29 is 0 Å². The summed E-state index contributed by atoms with van der Waals surface area (Å²) in [6, 6.07) is 9.90. The molecule has 0 bridgehead atoms. The van der Waals surface area contributed by atoms with Gasteiger partial charge in [-0.15, -0.1) is 0 Å². The lowest BCUT2D eigenvalue weighted by Crippen LogP contribution is -2.26. The monoisotopic (exact) mass is 245 g/mol. The van der Waals surface area contributed by atoms with Crippen LogP contribution in [-0.2, 0) is 0 Å². The lowest BCUT2D eigenvalue weighted by Gasteiger charge is -2.28. The second kappa shape index (κ2) is 6.38. The van der Waals surface area contributed by atoms with Crippen LogP contribution in [-0.4, -0.2) is 6.54 Å². The smallest absolute Gasteiger partial charge is 0.0345 e.